The number of hydrogen-bond donors (Lipinski definition) is 1. The number of hydrogen-bond acceptors (Lipinski definition) is 6. The van der Waals surface area contributed by atoms with Gasteiger partial charge in [-0.05, 0) is 30.0 Å². The maximum absolute atomic E-state index is 13.4. The summed E-state index contributed by atoms with van der Waals surface area (Å²) < 4.78 is 23.8. The third kappa shape index (κ3) is 5.13. The summed E-state index contributed by atoms with van der Waals surface area (Å²) >= 11 is 1.56. The molecule has 0 aliphatic heterocycles. The summed E-state index contributed by atoms with van der Waals surface area (Å²) in [6, 6.07) is 8.15. The molecule has 2 heterocycles. The van der Waals surface area contributed by atoms with Crippen LogP contribution in [0.15, 0.2) is 45.6 Å². The quantitative estimate of drug-likeness (QED) is 0.580. The zero-order chi connectivity index (χ0) is 18.2. The number of amides is 1. The molecule has 0 radical (unpaired) electrons. The Hall–Kier alpha value is -2.74. The molecule has 0 saturated carbocycles. The molecule has 0 aliphatic rings. The number of para-hydroxylation sites is 1. The van der Waals surface area contributed by atoms with Gasteiger partial charge in [0.2, 0.25) is 17.6 Å². The predicted octanol–water partition coefficient (Wildman–Crippen LogP) is 3.46. The molecule has 1 amide bonds. The van der Waals surface area contributed by atoms with E-state index in [0.717, 1.165) is 5.56 Å². The predicted molar refractivity (Wildman–Crippen MR) is 95.5 cm³/mol. The molecule has 26 heavy (non-hydrogen) atoms. The van der Waals surface area contributed by atoms with Crippen LogP contribution in [0.25, 0.3) is 11.4 Å². The Kier molecular flexibility index (Phi) is 6.32. The average molecular weight is 375 g/mol. The smallest absolute Gasteiger partial charge is 0.227 e. The summed E-state index contributed by atoms with van der Waals surface area (Å²) in [5.41, 5.74) is 0.907. The Labute approximate surface area is 154 Å². The lowest BCUT2D eigenvalue weighted by molar-refractivity contribution is -0.121. The Bertz CT molecular complexity index is 836. The number of nitrogens with one attached hydrogen (secondary N) is 1. The molecule has 0 fully saturated rings. The topological polar surface area (TPSA) is 77.2 Å². The minimum absolute atomic E-state index is 0.105. The minimum Gasteiger partial charge on any atom is -0.490 e. The summed E-state index contributed by atoms with van der Waals surface area (Å²) in [5.74, 6) is 0.692. The fourth-order valence-electron chi connectivity index (χ4n) is 2.22. The minimum atomic E-state index is -0.391. The van der Waals surface area contributed by atoms with Gasteiger partial charge in [0.1, 0.15) is 0 Å². The molecule has 3 aromatic rings. The van der Waals surface area contributed by atoms with E-state index in [2.05, 4.69) is 15.5 Å². The van der Waals surface area contributed by atoms with Gasteiger partial charge in [-0.3, -0.25) is 4.79 Å². The zero-order valence-corrected chi connectivity index (χ0v) is 14.8. The normalized spacial score (nSPS) is 10.7. The number of carbonyl (C=O) groups excluding carboxylic acids is 1. The molecule has 1 aromatic carbocycles. The van der Waals surface area contributed by atoms with Crippen LogP contribution < -0.4 is 10.1 Å². The van der Waals surface area contributed by atoms with Gasteiger partial charge in [0.15, 0.2) is 11.6 Å². The molecule has 0 unspecified atom stereocenters. The second-order valence-electron chi connectivity index (χ2n) is 5.51. The van der Waals surface area contributed by atoms with Crippen molar-refractivity contribution in [2.75, 3.05) is 13.2 Å². The molecule has 0 saturated heterocycles. The van der Waals surface area contributed by atoms with Crippen molar-refractivity contribution in [3.8, 4) is 17.1 Å². The van der Waals surface area contributed by atoms with Crippen molar-refractivity contribution < 1.29 is 18.4 Å². The third-order valence-corrected chi connectivity index (χ3v) is 4.23. The van der Waals surface area contributed by atoms with Gasteiger partial charge in [0.05, 0.1) is 6.61 Å². The van der Waals surface area contributed by atoms with Crippen molar-refractivity contribution in [1.82, 2.24) is 15.5 Å². The summed E-state index contributed by atoms with van der Waals surface area (Å²) in [5, 5.41) is 10.6. The zero-order valence-electron chi connectivity index (χ0n) is 14.0. The van der Waals surface area contributed by atoms with Crippen LogP contribution in [0, 0.1) is 5.82 Å². The van der Waals surface area contributed by atoms with Crippen LogP contribution in [0.3, 0.4) is 0 Å². The summed E-state index contributed by atoms with van der Waals surface area (Å²) in [6.07, 6.45) is 1.23. The van der Waals surface area contributed by atoms with Crippen LogP contribution in [0.4, 0.5) is 4.39 Å². The number of rotatable bonds is 9. The van der Waals surface area contributed by atoms with Crippen molar-refractivity contribution in [3.63, 3.8) is 0 Å². The lowest BCUT2D eigenvalue weighted by Gasteiger charge is -2.07. The first kappa shape index (κ1) is 18.1. The van der Waals surface area contributed by atoms with E-state index < -0.39 is 5.82 Å². The monoisotopic (exact) mass is 375 g/mol. The highest BCUT2D eigenvalue weighted by atomic mass is 32.1. The highest BCUT2D eigenvalue weighted by Crippen LogP contribution is 2.19. The first-order valence-corrected chi connectivity index (χ1v) is 9.16. The molecule has 0 bridgehead atoms. The van der Waals surface area contributed by atoms with Gasteiger partial charge in [-0.15, -0.1) is 0 Å². The molecular weight excluding hydrogens is 357 g/mol. The highest BCUT2D eigenvalue weighted by Gasteiger charge is 2.10. The van der Waals surface area contributed by atoms with Crippen molar-refractivity contribution in [2.45, 2.75) is 19.3 Å². The molecule has 0 aliphatic carbocycles. The van der Waals surface area contributed by atoms with Gasteiger partial charge in [0, 0.05) is 30.3 Å². The third-order valence-electron chi connectivity index (χ3n) is 3.55. The van der Waals surface area contributed by atoms with Crippen LogP contribution in [-0.4, -0.2) is 29.2 Å². The fraction of sp³-hybridized carbons (Fsp3) is 0.278. The van der Waals surface area contributed by atoms with Crippen LogP contribution in [0.2, 0.25) is 0 Å². The Morgan fingerprint density at radius 2 is 2.19 bits per heavy atom. The van der Waals surface area contributed by atoms with Gasteiger partial charge >= 0.3 is 0 Å². The highest BCUT2D eigenvalue weighted by molar-refractivity contribution is 7.08. The molecule has 8 heteroatoms. The number of carbonyl (C=O) groups is 1. The summed E-state index contributed by atoms with van der Waals surface area (Å²) in [4.78, 5) is 16.1. The fourth-order valence-corrected chi connectivity index (χ4v) is 2.85. The molecule has 3 rings (SSSR count). The molecule has 2 aromatic heterocycles. The summed E-state index contributed by atoms with van der Waals surface area (Å²) in [7, 11) is 0. The maximum atomic E-state index is 13.4. The number of aromatic nitrogens is 2. The van der Waals surface area contributed by atoms with E-state index in [1.54, 1.807) is 29.5 Å². The van der Waals surface area contributed by atoms with Gasteiger partial charge in [-0.2, -0.15) is 16.3 Å². The number of ether oxygens (including phenoxy) is 1. The number of thiophene rings is 1. The number of nitrogens with zero attached hydrogens (tertiary/aromatic N) is 2. The lowest BCUT2D eigenvalue weighted by Crippen LogP contribution is -2.25. The lowest BCUT2D eigenvalue weighted by atomic mass is 10.3. The van der Waals surface area contributed by atoms with Crippen LogP contribution in [0.1, 0.15) is 18.7 Å². The van der Waals surface area contributed by atoms with Crippen molar-refractivity contribution in [1.29, 1.82) is 0 Å². The van der Waals surface area contributed by atoms with Crippen LogP contribution in [0.5, 0.6) is 5.75 Å². The SMILES string of the molecule is O=C(CCc1nc(-c2ccsc2)no1)NCCCOc1ccccc1F. The van der Waals surface area contributed by atoms with E-state index in [1.165, 1.54) is 6.07 Å². The average Bonchev–Trinajstić information content (AvgIpc) is 3.32. The second-order valence-corrected chi connectivity index (χ2v) is 6.29. The second kappa shape index (κ2) is 9.10. The number of halogens is 1. The molecule has 0 atom stereocenters. The van der Waals surface area contributed by atoms with E-state index in [9.17, 15) is 9.18 Å². The number of aryl methyl sites for hydroxylation is 1. The maximum Gasteiger partial charge on any atom is 0.227 e. The van der Waals surface area contributed by atoms with E-state index in [1.807, 2.05) is 16.8 Å². The largest absolute Gasteiger partial charge is 0.490 e. The van der Waals surface area contributed by atoms with E-state index in [4.69, 9.17) is 9.26 Å². The van der Waals surface area contributed by atoms with Gasteiger partial charge < -0.3 is 14.6 Å². The first-order valence-electron chi connectivity index (χ1n) is 8.21. The van der Waals surface area contributed by atoms with Crippen molar-refractivity contribution in [2.24, 2.45) is 0 Å². The van der Waals surface area contributed by atoms with Crippen LogP contribution >= 0.6 is 11.3 Å². The first-order chi connectivity index (χ1) is 12.7. The molecule has 0 spiro atoms. The molecule has 1 N–H and O–H groups in total. The Balaban J connectivity index is 1.31. The van der Waals surface area contributed by atoms with Gasteiger partial charge in [-0.1, -0.05) is 17.3 Å². The van der Waals surface area contributed by atoms with E-state index >= 15 is 0 Å². The molecule has 6 nitrogen and oxygen atoms in total. The Morgan fingerprint density at radius 3 is 3.00 bits per heavy atom. The van der Waals surface area contributed by atoms with Gasteiger partial charge in [0.25, 0.3) is 0 Å². The van der Waals surface area contributed by atoms with Crippen LogP contribution in [-0.2, 0) is 11.2 Å². The van der Waals surface area contributed by atoms with Crippen molar-refractivity contribution in [3.05, 3.63) is 52.8 Å². The standard InChI is InChI=1S/C18H18FN3O3S/c19-14-4-1-2-5-15(14)24-10-3-9-20-16(23)6-7-17-21-18(22-25-17)13-8-11-26-12-13/h1-2,4-5,8,11-12H,3,6-7,9-10H2,(H,20,23). The van der Waals surface area contributed by atoms with Gasteiger partial charge in [-0.25, -0.2) is 4.39 Å². The van der Waals surface area contributed by atoms with E-state index in [0.29, 0.717) is 37.7 Å². The molecule has 136 valence electrons. The molecular formula is C18H18FN3O3S. The Morgan fingerprint density at radius 1 is 1.31 bits per heavy atom. The van der Waals surface area contributed by atoms with E-state index in [-0.39, 0.29) is 18.1 Å². The van der Waals surface area contributed by atoms with Crippen molar-refractivity contribution >= 4 is 17.2 Å². The summed E-state index contributed by atoms with van der Waals surface area (Å²) in [6.45, 7) is 0.784. The number of benzene rings is 1.